The molecule has 3 aromatic rings. The van der Waals surface area contributed by atoms with Gasteiger partial charge in [-0.15, -0.1) is 11.3 Å². The number of hydrogen-bond acceptors (Lipinski definition) is 7. The fourth-order valence-electron chi connectivity index (χ4n) is 4.03. The van der Waals surface area contributed by atoms with Crippen LogP contribution in [0.15, 0.2) is 52.3 Å². The molecule has 6 nitrogen and oxygen atoms in total. The number of nitrogens with zero attached hydrogens (tertiary/aromatic N) is 4. The Bertz CT molecular complexity index is 1140. The van der Waals surface area contributed by atoms with Crippen LogP contribution in [0, 0.1) is 12.7 Å². The highest BCUT2D eigenvalue weighted by Gasteiger charge is 2.29. The third-order valence-electron chi connectivity index (χ3n) is 5.69. The molecule has 31 heavy (non-hydrogen) atoms. The molecule has 2 aromatic heterocycles. The first-order valence-electron chi connectivity index (χ1n) is 10.1. The van der Waals surface area contributed by atoms with Crippen molar-refractivity contribution >= 4 is 26.9 Å². The molecule has 9 heteroatoms. The number of hydrogen-bond donors (Lipinski definition) is 0. The molecule has 0 aliphatic carbocycles. The summed E-state index contributed by atoms with van der Waals surface area (Å²) in [5.74, 6) is -1.02. The van der Waals surface area contributed by atoms with Crippen molar-refractivity contribution in [1.29, 1.82) is 0 Å². The second-order valence-electron chi connectivity index (χ2n) is 7.92. The fourth-order valence-corrected chi connectivity index (χ4v) is 6.11. The van der Waals surface area contributed by atoms with Crippen LogP contribution in [-0.4, -0.2) is 49.5 Å². The summed E-state index contributed by atoms with van der Waals surface area (Å²) in [6.45, 7) is 4.39. The van der Waals surface area contributed by atoms with E-state index >= 15 is 0 Å². The molecule has 0 amide bonds. The quantitative estimate of drug-likeness (QED) is 0.536. The van der Waals surface area contributed by atoms with Crippen LogP contribution in [-0.2, 0) is 22.1 Å². The first-order valence-corrected chi connectivity index (χ1v) is 12.7. The fraction of sp³-hybridized carbons (Fsp3) is 0.364. The van der Waals surface area contributed by atoms with E-state index in [0.717, 1.165) is 43.0 Å². The molecule has 1 saturated heterocycles. The van der Waals surface area contributed by atoms with E-state index in [1.165, 1.54) is 23.5 Å². The van der Waals surface area contributed by atoms with Gasteiger partial charge < -0.3 is 4.90 Å². The number of likely N-dealkylation sites (N-methyl/N-ethyl adjacent to an activating group) is 1. The van der Waals surface area contributed by atoms with Crippen LogP contribution < -0.4 is 4.90 Å². The Kier molecular flexibility index (Phi) is 6.36. The van der Waals surface area contributed by atoms with Crippen LogP contribution in [0.4, 0.5) is 10.1 Å². The zero-order valence-corrected chi connectivity index (χ0v) is 19.2. The van der Waals surface area contributed by atoms with Crippen LogP contribution in [0.1, 0.15) is 23.4 Å². The monoisotopic (exact) mass is 460 g/mol. The van der Waals surface area contributed by atoms with E-state index in [0.29, 0.717) is 5.69 Å². The average Bonchev–Trinajstić information content (AvgIpc) is 3.41. The Morgan fingerprint density at radius 2 is 2.10 bits per heavy atom. The summed E-state index contributed by atoms with van der Waals surface area (Å²) < 4.78 is 40.4. The van der Waals surface area contributed by atoms with E-state index in [9.17, 15) is 12.8 Å². The van der Waals surface area contributed by atoms with Crippen molar-refractivity contribution in [2.75, 3.05) is 25.0 Å². The Hall–Kier alpha value is -2.36. The number of anilines is 1. The summed E-state index contributed by atoms with van der Waals surface area (Å²) in [7, 11) is -1.86. The molecule has 0 bridgehead atoms. The molecule has 0 spiro atoms. The second kappa shape index (κ2) is 9.02. The molecule has 0 unspecified atom stereocenters. The van der Waals surface area contributed by atoms with Crippen molar-refractivity contribution in [2.45, 2.75) is 36.6 Å². The van der Waals surface area contributed by atoms with Gasteiger partial charge in [0, 0.05) is 50.0 Å². The minimum absolute atomic E-state index is 0.222. The van der Waals surface area contributed by atoms with E-state index in [1.54, 1.807) is 17.1 Å². The molecule has 4 rings (SSSR count). The van der Waals surface area contributed by atoms with E-state index < -0.39 is 15.7 Å². The molecule has 1 aromatic carbocycles. The van der Waals surface area contributed by atoms with Gasteiger partial charge in [0.1, 0.15) is 10.7 Å². The van der Waals surface area contributed by atoms with Crippen LogP contribution >= 0.6 is 11.3 Å². The lowest BCUT2D eigenvalue weighted by atomic mass is 10.1. The molecule has 0 radical (unpaired) electrons. The molecule has 1 aliphatic heterocycles. The highest BCUT2D eigenvalue weighted by atomic mass is 32.2. The normalized spacial score (nSPS) is 17.2. The molecule has 0 saturated carbocycles. The number of likely N-dealkylation sites (tertiary alicyclic amines) is 1. The van der Waals surface area contributed by atoms with Gasteiger partial charge in [-0.3, -0.25) is 9.88 Å². The number of sulfone groups is 1. The SMILES string of the molecule is Cc1cc(S(=O)(=O)Cc2cscn2)c(F)cc1N(C)[C@H]1CCN(Cc2ccccn2)C1. The van der Waals surface area contributed by atoms with Crippen molar-refractivity contribution in [2.24, 2.45) is 0 Å². The minimum Gasteiger partial charge on any atom is -0.370 e. The lowest BCUT2D eigenvalue weighted by Gasteiger charge is -2.29. The van der Waals surface area contributed by atoms with Gasteiger partial charge in [-0.25, -0.2) is 17.8 Å². The predicted molar refractivity (Wildman–Crippen MR) is 120 cm³/mol. The molecular weight excluding hydrogens is 435 g/mol. The summed E-state index contributed by atoms with van der Waals surface area (Å²) in [5.41, 5.74) is 4.49. The number of rotatable bonds is 7. The smallest absolute Gasteiger partial charge is 0.187 e. The molecule has 3 heterocycles. The highest BCUT2D eigenvalue weighted by Crippen LogP contribution is 2.30. The van der Waals surface area contributed by atoms with E-state index in [2.05, 4.69) is 19.8 Å². The van der Waals surface area contributed by atoms with Gasteiger partial charge in [-0.1, -0.05) is 6.07 Å². The average molecular weight is 461 g/mol. The maximum atomic E-state index is 14.9. The van der Waals surface area contributed by atoms with Gasteiger partial charge in [0.25, 0.3) is 0 Å². The minimum atomic E-state index is -3.81. The maximum absolute atomic E-state index is 14.9. The first-order chi connectivity index (χ1) is 14.8. The van der Waals surface area contributed by atoms with Gasteiger partial charge in [-0.2, -0.15) is 0 Å². The van der Waals surface area contributed by atoms with Crippen LogP contribution in [0.3, 0.4) is 0 Å². The number of aryl methyl sites for hydroxylation is 1. The maximum Gasteiger partial charge on any atom is 0.187 e. The largest absolute Gasteiger partial charge is 0.370 e. The Morgan fingerprint density at radius 3 is 2.81 bits per heavy atom. The van der Waals surface area contributed by atoms with Crippen LogP contribution in [0.5, 0.6) is 0 Å². The van der Waals surface area contributed by atoms with Crippen LogP contribution in [0.2, 0.25) is 0 Å². The molecule has 1 atom stereocenters. The number of benzene rings is 1. The van der Waals surface area contributed by atoms with E-state index in [-0.39, 0.29) is 16.7 Å². The third kappa shape index (κ3) is 4.94. The van der Waals surface area contributed by atoms with E-state index in [1.807, 2.05) is 32.2 Å². The Balaban J connectivity index is 1.49. The Labute approximate surface area is 186 Å². The summed E-state index contributed by atoms with van der Waals surface area (Å²) in [5, 5.41) is 1.67. The lowest BCUT2D eigenvalue weighted by molar-refractivity contribution is 0.322. The van der Waals surface area contributed by atoms with Crippen molar-refractivity contribution < 1.29 is 12.8 Å². The summed E-state index contributed by atoms with van der Waals surface area (Å²) in [4.78, 5) is 12.5. The van der Waals surface area contributed by atoms with Gasteiger partial charge >= 0.3 is 0 Å². The topological polar surface area (TPSA) is 66.4 Å². The zero-order valence-electron chi connectivity index (χ0n) is 17.5. The number of thiazole rings is 1. The molecule has 1 aliphatic rings. The van der Waals surface area contributed by atoms with Gasteiger partial charge in [0.05, 0.1) is 22.7 Å². The molecular formula is C22H25FN4O2S2. The summed E-state index contributed by atoms with van der Waals surface area (Å²) >= 11 is 1.32. The van der Waals surface area contributed by atoms with Crippen molar-refractivity contribution in [3.8, 4) is 0 Å². The van der Waals surface area contributed by atoms with Crippen molar-refractivity contribution in [3.05, 3.63) is 70.2 Å². The van der Waals surface area contributed by atoms with Crippen molar-refractivity contribution in [3.63, 3.8) is 0 Å². The highest BCUT2D eigenvalue weighted by molar-refractivity contribution is 7.90. The first kappa shape index (κ1) is 21.9. The lowest BCUT2D eigenvalue weighted by Crippen LogP contribution is -2.35. The van der Waals surface area contributed by atoms with E-state index in [4.69, 9.17) is 0 Å². The van der Waals surface area contributed by atoms with Gasteiger partial charge in [0.15, 0.2) is 9.84 Å². The second-order valence-corrected chi connectivity index (χ2v) is 10.6. The molecule has 1 fully saturated rings. The molecule has 0 N–H and O–H groups in total. The van der Waals surface area contributed by atoms with Crippen molar-refractivity contribution in [1.82, 2.24) is 14.9 Å². The van der Waals surface area contributed by atoms with Gasteiger partial charge in [-0.05, 0) is 43.2 Å². The standard InChI is InChI=1S/C22H25FN4O2S2/c1-16-9-22(31(28,29)14-18-13-30-15-25-18)20(23)10-21(16)26(2)19-6-8-27(12-19)11-17-5-3-4-7-24-17/h3-5,7,9-10,13,15,19H,6,8,11-12,14H2,1-2H3/t19-/m0/s1. The number of pyridine rings is 1. The predicted octanol–water partition coefficient (Wildman–Crippen LogP) is 3.67. The summed E-state index contributed by atoms with van der Waals surface area (Å²) in [6.07, 6.45) is 2.75. The summed E-state index contributed by atoms with van der Waals surface area (Å²) in [6, 6.07) is 8.93. The number of halogens is 1. The Morgan fingerprint density at radius 1 is 1.26 bits per heavy atom. The molecule has 164 valence electrons. The van der Waals surface area contributed by atoms with Gasteiger partial charge in [0.2, 0.25) is 0 Å². The third-order valence-corrected chi connectivity index (χ3v) is 7.99. The number of aromatic nitrogens is 2. The zero-order chi connectivity index (χ0) is 22.0. The van der Waals surface area contributed by atoms with Crippen LogP contribution in [0.25, 0.3) is 0 Å².